The van der Waals surface area contributed by atoms with Crippen LogP contribution in [0.1, 0.15) is 47.4 Å². The molecule has 7 nitrogen and oxygen atoms in total. The smallest absolute Gasteiger partial charge is 0.257 e. The van der Waals surface area contributed by atoms with E-state index in [0.717, 1.165) is 18.6 Å². The molecule has 194 valence electrons. The number of ether oxygens (including phenoxy) is 2. The Morgan fingerprint density at radius 1 is 0.784 bits per heavy atom. The van der Waals surface area contributed by atoms with Crippen molar-refractivity contribution in [3.05, 3.63) is 90.0 Å². The maximum Gasteiger partial charge on any atom is 0.257 e. The third kappa shape index (κ3) is 8.91. The Kier molecular flexibility index (Phi) is 10.9. The van der Waals surface area contributed by atoms with E-state index >= 15 is 0 Å². The average molecular weight is 520 g/mol. The van der Waals surface area contributed by atoms with Gasteiger partial charge in [0.05, 0.1) is 0 Å². The summed E-state index contributed by atoms with van der Waals surface area (Å²) in [4.78, 5) is 27.5. The van der Waals surface area contributed by atoms with E-state index in [-0.39, 0.29) is 16.9 Å². The van der Waals surface area contributed by atoms with Crippen LogP contribution in [-0.2, 0) is 0 Å². The predicted octanol–water partition coefficient (Wildman–Crippen LogP) is 5.53. The molecule has 37 heavy (non-hydrogen) atoms. The summed E-state index contributed by atoms with van der Waals surface area (Å²) in [6.45, 7) is 6.24. The Hall–Kier alpha value is -3.91. The Labute approximate surface area is 223 Å². The second-order valence-electron chi connectivity index (χ2n) is 8.32. The molecule has 0 fully saturated rings. The van der Waals surface area contributed by atoms with Crippen molar-refractivity contribution in [3.8, 4) is 11.5 Å². The number of nitrogens with zero attached hydrogens (tertiary/aromatic N) is 1. The number of carbonyl (C=O) groups excluding carboxylic acids is 2. The highest BCUT2D eigenvalue weighted by Gasteiger charge is 2.15. The van der Waals surface area contributed by atoms with E-state index in [1.54, 1.807) is 48.5 Å². The van der Waals surface area contributed by atoms with Gasteiger partial charge in [-0.2, -0.15) is 0 Å². The minimum Gasteiger partial charge on any atom is -0.490 e. The van der Waals surface area contributed by atoms with Crippen LogP contribution < -0.4 is 20.1 Å². The van der Waals surface area contributed by atoms with Crippen LogP contribution in [0.25, 0.3) is 0 Å². The predicted molar refractivity (Wildman–Crippen MR) is 150 cm³/mol. The van der Waals surface area contributed by atoms with Crippen LogP contribution >= 0.6 is 12.2 Å². The lowest BCUT2D eigenvalue weighted by Crippen LogP contribution is -2.34. The summed E-state index contributed by atoms with van der Waals surface area (Å²) in [5.41, 5.74) is 1.60. The van der Waals surface area contributed by atoms with Gasteiger partial charge in [0.25, 0.3) is 11.8 Å². The zero-order chi connectivity index (χ0) is 26.5. The van der Waals surface area contributed by atoms with Gasteiger partial charge in [-0.25, -0.2) is 0 Å². The topological polar surface area (TPSA) is 79.9 Å². The van der Waals surface area contributed by atoms with E-state index in [0.29, 0.717) is 48.9 Å². The summed E-state index contributed by atoms with van der Waals surface area (Å²) in [7, 11) is 0. The van der Waals surface area contributed by atoms with Crippen molar-refractivity contribution >= 4 is 34.8 Å². The van der Waals surface area contributed by atoms with Gasteiger partial charge < -0.3 is 19.7 Å². The molecule has 0 aliphatic heterocycles. The molecule has 0 saturated heterocycles. The van der Waals surface area contributed by atoms with Gasteiger partial charge in [-0.15, -0.1) is 0 Å². The highest BCUT2D eigenvalue weighted by Crippen LogP contribution is 2.16. The van der Waals surface area contributed by atoms with Crippen molar-refractivity contribution in [1.29, 1.82) is 0 Å². The summed E-state index contributed by atoms with van der Waals surface area (Å²) in [6.07, 6.45) is 1.79. The number of thiocarbonyl (C=S) groups is 1. The van der Waals surface area contributed by atoms with Gasteiger partial charge in [0, 0.05) is 29.9 Å². The first-order chi connectivity index (χ1) is 18.0. The van der Waals surface area contributed by atoms with Gasteiger partial charge in [0.15, 0.2) is 5.11 Å². The van der Waals surface area contributed by atoms with Gasteiger partial charge in [-0.3, -0.25) is 14.9 Å². The van der Waals surface area contributed by atoms with E-state index in [1.165, 1.54) is 0 Å². The van der Waals surface area contributed by atoms with Crippen molar-refractivity contribution < 1.29 is 19.1 Å². The minimum atomic E-state index is -0.368. The van der Waals surface area contributed by atoms with Gasteiger partial charge in [0.1, 0.15) is 24.7 Å². The number of hydrogen-bond donors (Lipinski definition) is 2. The van der Waals surface area contributed by atoms with Crippen LogP contribution in [0.3, 0.4) is 0 Å². The number of benzene rings is 3. The Morgan fingerprint density at radius 2 is 1.41 bits per heavy atom. The molecule has 0 saturated carbocycles. The first-order valence-corrected chi connectivity index (χ1v) is 12.8. The fraction of sp³-hybridized carbons (Fsp3) is 0.276. The fourth-order valence-electron chi connectivity index (χ4n) is 3.67. The molecule has 2 amide bonds. The number of rotatable bonds is 12. The van der Waals surface area contributed by atoms with Crippen LogP contribution in [-0.4, -0.2) is 48.1 Å². The second-order valence-corrected chi connectivity index (χ2v) is 8.73. The molecule has 0 aliphatic carbocycles. The highest BCUT2D eigenvalue weighted by atomic mass is 32.1. The molecule has 3 aromatic rings. The quantitative estimate of drug-likeness (QED) is 0.242. The van der Waals surface area contributed by atoms with E-state index < -0.39 is 0 Å². The maximum atomic E-state index is 12.9. The normalized spacial score (nSPS) is 10.3. The summed E-state index contributed by atoms with van der Waals surface area (Å²) >= 11 is 5.33. The van der Waals surface area contributed by atoms with Gasteiger partial charge in [-0.1, -0.05) is 44.2 Å². The summed E-state index contributed by atoms with van der Waals surface area (Å²) in [5, 5.41) is 5.81. The molecular formula is C29H33N3O4S. The maximum absolute atomic E-state index is 12.9. The lowest BCUT2D eigenvalue weighted by molar-refractivity contribution is 0.0755. The number of nitrogens with one attached hydrogen (secondary N) is 2. The molecule has 0 radical (unpaired) electrons. The lowest BCUT2D eigenvalue weighted by Gasteiger charge is -2.21. The van der Waals surface area contributed by atoms with Crippen molar-refractivity contribution in [2.75, 3.05) is 31.6 Å². The standard InChI is InChI=1S/C29H33N3O4S/c1-3-16-32(17-4-2)28(34)23-11-8-12-24(20-23)30-29(37)31-27(33)22-10-9-15-26(21-22)36-19-18-35-25-13-6-5-7-14-25/h5-15,20-21H,3-4,16-19H2,1-2H3,(H2,30,31,33,37). The summed E-state index contributed by atoms with van der Waals surface area (Å²) < 4.78 is 11.3. The van der Waals surface area contributed by atoms with Crippen LogP contribution in [0.4, 0.5) is 5.69 Å². The Morgan fingerprint density at radius 3 is 2.11 bits per heavy atom. The van der Waals surface area contributed by atoms with Gasteiger partial charge in [0.2, 0.25) is 0 Å². The number of para-hydroxylation sites is 1. The molecule has 0 heterocycles. The van der Waals surface area contributed by atoms with E-state index in [9.17, 15) is 9.59 Å². The third-order valence-electron chi connectivity index (χ3n) is 5.33. The van der Waals surface area contributed by atoms with Gasteiger partial charge in [-0.05, 0) is 73.6 Å². The first-order valence-electron chi connectivity index (χ1n) is 12.4. The molecule has 3 aromatic carbocycles. The van der Waals surface area contributed by atoms with E-state index in [1.807, 2.05) is 35.2 Å². The number of carbonyl (C=O) groups is 2. The average Bonchev–Trinajstić information content (AvgIpc) is 2.91. The molecule has 0 aromatic heterocycles. The highest BCUT2D eigenvalue weighted by molar-refractivity contribution is 7.80. The molecule has 0 unspecified atom stereocenters. The second kappa shape index (κ2) is 14.6. The molecule has 2 N–H and O–H groups in total. The number of anilines is 1. The number of amides is 2. The Bertz CT molecular complexity index is 1180. The SMILES string of the molecule is CCCN(CCC)C(=O)c1cccc(NC(=S)NC(=O)c2cccc(OCCOc3ccccc3)c2)c1. The first kappa shape index (κ1) is 27.7. The summed E-state index contributed by atoms with van der Waals surface area (Å²) in [5.74, 6) is 0.938. The molecular weight excluding hydrogens is 486 g/mol. The van der Waals surface area contributed by atoms with Crippen LogP contribution in [0, 0.1) is 0 Å². The van der Waals surface area contributed by atoms with E-state index in [4.69, 9.17) is 21.7 Å². The van der Waals surface area contributed by atoms with Crippen molar-refractivity contribution in [1.82, 2.24) is 10.2 Å². The molecule has 0 bridgehead atoms. The largest absolute Gasteiger partial charge is 0.490 e. The zero-order valence-corrected chi connectivity index (χ0v) is 22.1. The molecule has 0 aliphatic rings. The van der Waals surface area contributed by atoms with Crippen molar-refractivity contribution in [2.24, 2.45) is 0 Å². The Balaban J connectivity index is 1.52. The van der Waals surface area contributed by atoms with Crippen molar-refractivity contribution in [3.63, 3.8) is 0 Å². The molecule has 0 atom stereocenters. The third-order valence-corrected chi connectivity index (χ3v) is 5.53. The molecule has 8 heteroatoms. The fourth-order valence-corrected chi connectivity index (χ4v) is 3.88. The van der Waals surface area contributed by atoms with Crippen LogP contribution in [0.2, 0.25) is 0 Å². The van der Waals surface area contributed by atoms with Crippen LogP contribution in [0.15, 0.2) is 78.9 Å². The lowest BCUT2D eigenvalue weighted by atomic mass is 10.1. The van der Waals surface area contributed by atoms with Gasteiger partial charge >= 0.3 is 0 Å². The van der Waals surface area contributed by atoms with Crippen molar-refractivity contribution in [2.45, 2.75) is 26.7 Å². The minimum absolute atomic E-state index is 0.0201. The monoisotopic (exact) mass is 519 g/mol. The number of hydrogen-bond acceptors (Lipinski definition) is 5. The summed E-state index contributed by atoms with van der Waals surface area (Å²) in [6, 6.07) is 23.5. The zero-order valence-electron chi connectivity index (χ0n) is 21.2. The van der Waals surface area contributed by atoms with E-state index in [2.05, 4.69) is 24.5 Å². The molecule has 0 spiro atoms. The molecule has 3 rings (SSSR count). The van der Waals surface area contributed by atoms with Crippen LogP contribution in [0.5, 0.6) is 11.5 Å².